The van der Waals surface area contributed by atoms with Crippen molar-refractivity contribution in [2.24, 2.45) is 0 Å². The van der Waals surface area contributed by atoms with Gasteiger partial charge >= 0.3 is 0 Å². The first kappa shape index (κ1) is 17.0. The summed E-state index contributed by atoms with van der Waals surface area (Å²) in [5.74, 6) is -0.340. The molecule has 0 bridgehead atoms. The van der Waals surface area contributed by atoms with Crippen LogP contribution in [0.15, 0.2) is 73.1 Å². The Labute approximate surface area is 157 Å². The SMILES string of the molecule is CN1C(=O)C(Cc2ccc(-c3ccncc3)cc2)NC(=O)c2ccccc21. The maximum Gasteiger partial charge on any atom is 0.254 e. The number of anilines is 1. The number of aromatic nitrogens is 1. The van der Waals surface area contributed by atoms with E-state index in [4.69, 9.17) is 0 Å². The van der Waals surface area contributed by atoms with Gasteiger partial charge in [0.15, 0.2) is 0 Å². The van der Waals surface area contributed by atoms with Crippen LogP contribution in [0.3, 0.4) is 0 Å². The quantitative estimate of drug-likeness (QED) is 0.784. The molecule has 3 aromatic rings. The summed E-state index contributed by atoms with van der Waals surface area (Å²) >= 11 is 0. The summed E-state index contributed by atoms with van der Waals surface area (Å²) in [6, 6.07) is 18.5. The van der Waals surface area contributed by atoms with Gasteiger partial charge in [-0.1, -0.05) is 36.4 Å². The molecular formula is C22H19N3O2. The predicted octanol–water partition coefficient (Wildman–Crippen LogP) is 3.07. The number of fused-ring (bicyclic) bond motifs is 1. The summed E-state index contributed by atoms with van der Waals surface area (Å²) in [6.07, 6.45) is 3.96. The van der Waals surface area contributed by atoms with E-state index in [-0.39, 0.29) is 11.8 Å². The first-order chi connectivity index (χ1) is 13.1. The van der Waals surface area contributed by atoms with Gasteiger partial charge in [0.1, 0.15) is 6.04 Å². The fraction of sp³-hybridized carbons (Fsp3) is 0.136. The van der Waals surface area contributed by atoms with Crippen LogP contribution >= 0.6 is 0 Å². The standard InChI is InChI=1S/C22H19N3O2/c1-25-20-5-3-2-4-18(20)21(26)24-19(22(25)27)14-15-6-8-16(9-7-15)17-10-12-23-13-11-17/h2-13,19H,14H2,1H3,(H,24,26). The molecule has 1 aliphatic heterocycles. The minimum absolute atomic E-state index is 0.119. The number of likely N-dealkylation sites (N-methyl/N-ethyl adjacent to an activating group) is 1. The Balaban J connectivity index is 1.56. The minimum Gasteiger partial charge on any atom is -0.340 e. The molecule has 1 atom stereocenters. The van der Waals surface area contributed by atoms with Gasteiger partial charge in [-0.25, -0.2) is 0 Å². The lowest BCUT2D eigenvalue weighted by Crippen LogP contribution is -2.45. The second-order valence-electron chi connectivity index (χ2n) is 6.58. The van der Waals surface area contributed by atoms with Crippen molar-refractivity contribution in [1.29, 1.82) is 0 Å². The van der Waals surface area contributed by atoms with Crippen molar-refractivity contribution < 1.29 is 9.59 Å². The second kappa shape index (κ2) is 7.03. The molecule has 0 aliphatic carbocycles. The molecule has 0 spiro atoms. The number of carbonyl (C=O) groups excluding carboxylic acids is 2. The van der Waals surface area contributed by atoms with Crippen molar-refractivity contribution in [3.63, 3.8) is 0 Å². The monoisotopic (exact) mass is 357 g/mol. The fourth-order valence-corrected chi connectivity index (χ4v) is 3.36. The number of benzene rings is 2. The number of carbonyl (C=O) groups is 2. The smallest absolute Gasteiger partial charge is 0.254 e. The van der Waals surface area contributed by atoms with Crippen LogP contribution in [0.1, 0.15) is 15.9 Å². The third-order valence-corrected chi connectivity index (χ3v) is 4.85. The molecule has 2 heterocycles. The van der Waals surface area contributed by atoms with Crippen LogP contribution in [-0.4, -0.2) is 29.9 Å². The lowest BCUT2D eigenvalue weighted by atomic mass is 10.0. The molecule has 1 aromatic heterocycles. The van der Waals surface area contributed by atoms with Crippen molar-refractivity contribution in [3.05, 3.63) is 84.2 Å². The lowest BCUT2D eigenvalue weighted by molar-refractivity contribution is -0.120. The van der Waals surface area contributed by atoms with E-state index >= 15 is 0 Å². The van der Waals surface area contributed by atoms with Gasteiger partial charge < -0.3 is 10.2 Å². The van der Waals surface area contributed by atoms with Crippen LogP contribution in [0.25, 0.3) is 11.1 Å². The molecule has 0 radical (unpaired) electrons. The topological polar surface area (TPSA) is 62.3 Å². The molecule has 2 amide bonds. The maximum atomic E-state index is 12.9. The van der Waals surface area contributed by atoms with Gasteiger partial charge in [0, 0.05) is 25.9 Å². The van der Waals surface area contributed by atoms with Gasteiger partial charge in [-0.05, 0) is 41.0 Å². The zero-order valence-corrected chi connectivity index (χ0v) is 14.9. The molecule has 0 saturated heterocycles. The van der Waals surface area contributed by atoms with Gasteiger partial charge in [0.25, 0.3) is 5.91 Å². The van der Waals surface area contributed by atoms with Gasteiger partial charge in [-0.2, -0.15) is 0 Å². The second-order valence-corrected chi connectivity index (χ2v) is 6.58. The van der Waals surface area contributed by atoms with E-state index in [0.29, 0.717) is 17.7 Å². The summed E-state index contributed by atoms with van der Waals surface area (Å²) in [5.41, 5.74) is 4.32. The molecule has 1 unspecified atom stereocenters. The van der Waals surface area contributed by atoms with Crippen LogP contribution in [-0.2, 0) is 11.2 Å². The molecule has 0 fully saturated rings. The molecule has 1 aliphatic rings. The molecule has 2 aromatic carbocycles. The van der Waals surface area contributed by atoms with Gasteiger partial charge in [-0.3, -0.25) is 14.6 Å². The van der Waals surface area contributed by atoms with Crippen molar-refractivity contribution in [2.75, 3.05) is 11.9 Å². The Morgan fingerprint density at radius 2 is 1.59 bits per heavy atom. The van der Waals surface area contributed by atoms with Gasteiger partial charge in [0.05, 0.1) is 11.3 Å². The summed E-state index contributed by atoms with van der Waals surface area (Å²) in [6.45, 7) is 0. The number of pyridine rings is 1. The van der Waals surface area contributed by atoms with Crippen molar-refractivity contribution in [2.45, 2.75) is 12.5 Å². The fourth-order valence-electron chi connectivity index (χ4n) is 3.36. The molecule has 27 heavy (non-hydrogen) atoms. The lowest BCUT2D eigenvalue weighted by Gasteiger charge is -2.21. The van der Waals surface area contributed by atoms with Gasteiger partial charge in [-0.15, -0.1) is 0 Å². The minimum atomic E-state index is -0.596. The van der Waals surface area contributed by atoms with E-state index in [1.165, 1.54) is 0 Å². The van der Waals surface area contributed by atoms with E-state index in [2.05, 4.69) is 10.3 Å². The molecule has 5 nitrogen and oxygen atoms in total. The summed E-state index contributed by atoms with van der Waals surface area (Å²) in [7, 11) is 1.71. The van der Waals surface area contributed by atoms with E-state index in [9.17, 15) is 9.59 Å². The zero-order valence-electron chi connectivity index (χ0n) is 14.9. The van der Waals surface area contributed by atoms with E-state index < -0.39 is 6.04 Å². The number of hydrogen-bond acceptors (Lipinski definition) is 3. The summed E-state index contributed by atoms with van der Waals surface area (Å²) in [5, 5.41) is 2.87. The Morgan fingerprint density at radius 3 is 2.33 bits per heavy atom. The highest BCUT2D eigenvalue weighted by atomic mass is 16.2. The normalized spacial score (nSPS) is 16.5. The average Bonchev–Trinajstić information content (AvgIpc) is 2.81. The molecule has 4 rings (SSSR count). The third kappa shape index (κ3) is 3.31. The van der Waals surface area contributed by atoms with Crippen LogP contribution in [0.4, 0.5) is 5.69 Å². The van der Waals surface area contributed by atoms with Crippen LogP contribution in [0.5, 0.6) is 0 Å². The first-order valence-electron chi connectivity index (χ1n) is 8.80. The molecule has 134 valence electrons. The van der Waals surface area contributed by atoms with E-state index in [1.54, 1.807) is 42.5 Å². The Morgan fingerprint density at radius 1 is 0.926 bits per heavy atom. The number of para-hydroxylation sites is 1. The van der Waals surface area contributed by atoms with Crippen LogP contribution < -0.4 is 10.2 Å². The highest BCUT2D eigenvalue weighted by molar-refractivity contribution is 6.10. The molecule has 5 heteroatoms. The molecular weight excluding hydrogens is 338 g/mol. The Bertz CT molecular complexity index is 984. The van der Waals surface area contributed by atoms with E-state index in [1.807, 2.05) is 42.5 Å². The number of amides is 2. The van der Waals surface area contributed by atoms with Crippen molar-refractivity contribution in [1.82, 2.24) is 10.3 Å². The predicted molar refractivity (Wildman–Crippen MR) is 104 cm³/mol. The number of nitrogens with one attached hydrogen (secondary N) is 1. The average molecular weight is 357 g/mol. The molecule has 1 N–H and O–H groups in total. The molecule has 0 saturated carbocycles. The number of rotatable bonds is 3. The number of nitrogens with zero attached hydrogens (tertiary/aromatic N) is 2. The summed E-state index contributed by atoms with van der Waals surface area (Å²) < 4.78 is 0. The summed E-state index contributed by atoms with van der Waals surface area (Å²) in [4.78, 5) is 31.0. The highest BCUT2D eigenvalue weighted by Gasteiger charge is 2.31. The number of hydrogen-bond donors (Lipinski definition) is 1. The van der Waals surface area contributed by atoms with E-state index in [0.717, 1.165) is 16.7 Å². The Hall–Kier alpha value is -3.47. The first-order valence-corrected chi connectivity index (χ1v) is 8.80. The van der Waals surface area contributed by atoms with Crippen molar-refractivity contribution >= 4 is 17.5 Å². The maximum absolute atomic E-state index is 12.9. The Kier molecular flexibility index (Phi) is 4.42. The largest absolute Gasteiger partial charge is 0.340 e. The van der Waals surface area contributed by atoms with Crippen LogP contribution in [0.2, 0.25) is 0 Å². The van der Waals surface area contributed by atoms with Crippen LogP contribution in [0, 0.1) is 0 Å². The van der Waals surface area contributed by atoms with Gasteiger partial charge in [0.2, 0.25) is 5.91 Å². The zero-order chi connectivity index (χ0) is 18.8. The highest BCUT2D eigenvalue weighted by Crippen LogP contribution is 2.24. The van der Waals surface area contributed by atoms with Crippen molar-refractivity contribution in [3.8, 4) is 11.1 Å². The third-order valence-electron chi connectivity index (χ3n) is 4.85.